The number of hydrogen-bond acceptors (Lipinski definition) is 3. The predicted octanol–water partition coefficient (Wildman–Crippen LogP) is 4.11. The highest BCUT2D eigenvalue weighted by atomic mass is 79.9. The molecule has 2 aromatic heterocycles. The van der Waals surface area contributed by atoms with E-state index >= 15 is 0 Å². The van der Waals surface area contributed by atoms with Gasteiger partial charge in [-0.2, -0.15) is 18.3 Å². The molecule has 0 spiro atoms. The molecule has 1 unspecified atom stereocenters. The topological polar surface area (TPSA) is 39.9 Å². The zero-order chi connectivity index (χ0) is 16.6. The number of aromatic nitrogens is 3. The van der Waals surface area contributed by atoms with E-state index in [1.54, 1.807) is 19.4 Å². The maximum atomic E-state index is 13.4. The van der Waals surface area contributed by atoms with Crippen LogP contribution in [0.3, 0.4) is 0 Å². The lowest BCUT2D eigenvalue weighted by molar-refractivity contribution is -0.142. The minimum atomic E-state index is -4.47. The standard InChI is InChI=1S/C15H15BrF3N3O/c1-23-8-9-3-2-4-12-13(9)22(21-14(12)15(17,18)19)11-5-10(16)6-20-7-11/h5-7,9H,2-4,8H2,1H3. The number of hydrogen-bond donors (Lipinski definition) is 0. The van der Waals surface area contributed by atoms with Gasteiger partial charge in [0.15, 0.2) is 5.69 Å². The molecule has 0 fully saturated rings. The largest absolute Gasteiger partial charge is 0.435 e. The van der Waals surface area contributed by atoms with E-state index in [2.05, 4.69) is 26.0 Å². The molecule has 0 aliphatic heterocycles. The first-order chi connectivity index (χ1) is 10.9. The van der Waals surface area contributed by atoms with Crippen LogP contribution in [0.25, 0.3) is 5.69 Å². The zero-order valence-electron chi connectivity index (χ0n) is 12.4. The fraction of sp³-hybridized carbons (Fsp3) is 0.467. The Morgan fingerprint density at radius 3 is 2.83 bits per heavy atom. The summed E-state index contributed by atoms with van der Waals surface area (Å²) in [7, 11) is 1.56. The highest BCUT2D eigenvalue weighted by molar-refractivity contribution is 9.10. The first-order valence-electron chi connectivity index (χ1n) is 7.20. The number of nitrogens with zero attached hydrogens (tertiary/aromatic N) is 3. The molecule has 8 heteroatoms. The number of pyridine rings is 1. The van der Waals surface area contributed by atoms with Crippen molar-refractivity contribution < 1.29 is 17.9 Å². The third kappa shape index (κ3) is 3.14. The molecule has 0 N–H and O–H groups in total. The van der Waals surface area contributed by atoms with Crippen molar-refractivity contribution in [3.05, 3.63) is 39.9 Å². The molecular weight excluding hydrogens is 375 g/mol. The molecule has 1 atom stereocenters. The minimum Gasteiger partial charge on any atom is -0.384 e. The molecule has 1 aliphatic rings. The van der Waals surface area contributed by atoms with Crippen molar-refractivity contribution in [2.75, 3.05) is 13.7 Å². The Labute approximate surface area is 139 Å². The number of ether oxygens (including phenoxy) is 1. The van der Waals surface area contributed by atoms with Crippen molar-refractivity contribution in [2.24, 2.45) is 0 Å². The first kappa shape index (κ1) is 16.4. The number of alkyl halides is 3. The SMILES string of the molecule is COCC1CCCc2c(C(F)(F)F)nn(-c3cncc(Br)c3)c21. The van der Waals surface area contributed by atoms with Gasteiger partial charge < -0.3 is 4.74 Å². The number of fused-ring (bicyclic) bond motifs is 1. The van der Waals surface area contributed by atoms with E-state index in [-0.39, 0.29) is 11.5 Å². The second-order valence-corrected chi connectivity index (χ2v) is 6.44. The normalized spacial score (nSPS) is 18.0. The van der Waals surface area contributed by atoms with E-state index < -0.39 is 11.9 Å². The zero-order valence-corrected chi connectivity index (χ0v) is 14.0. The Kier molecular flexibility index (Phi) is 4.46. The summed E-state index contributed by atoms with van der Waals surface area (Å²) in [5, 5.41) is 3.88. The van der Waals surface area contributed by atoms with Crippen LogP contribution in [0.1, 0.15) is 35.7 Å². The Balaban J connectivity index is 2.21. The quantitative estimate of drug-likeness (QED) is 0.792. The number of rotatable bonds is 3. The molecule has 0 radical (unpaired) electrons. The van der Waals surface area contributed by atoms with Crippen LogP contribution in [0, 0.1) is 0 Å². The second-order valence-electron chi connectivity index (χ2n) is 5.53. The van der Waals surface area contributed by atoms with E-state index in [1.165, 1.54) is 10.9 Å². The van der Waals surface area contributed by atoms with Crippen LogP contribution in [0.15, 0.2) is 22.9 Å². The predicted molar refractivity (Wildman–Crippen MR) is 81.6 cm³/mol. The maximum absolute atomic E-state index is 13.4. The lowest BCUT2D eigenvalue weighted by Crippen LogP contribution is -2.18. The summed E-state index contributed by atoms with van der Waals surface area (Å²) in [6, 6.07) is 1.71. The van der Waals surface area contributed by atoms with Crippen LogP contribution in [0.2, 0.25) is 0 Å². The third-order valence-corrected chi connectivity index (χ3v) is 4.39. The average molecular weight is 390 g/mol. The van der Waals surface area contributed by atoms with E-state index in [4.69, 9.17) is 4.74 Å². The van der Waals surface area contributed by atoms with Crippen LogP contribution in [0.5, 0.6) is 0 Å². The summed E-state index contributed by atoms with van der Waals surface area (Å²) in [6.45, 7) is 0.372. The van der Waals surface area contributed by atoms with Gasteiger partial charge in [0.25, 0.3) is 0 Å². The summed E-state index contributed by atoms with van der Waals surface area (Å²) in [5.41, 5.74) is 0.582. The van der Waals surface area contributed by atoms with E-state index in [0.29, 0.717) is 35.3 Å². The molecule has 0 aromatic carbocycles. The van der Waals surface area contributed by atoms with E-state index in [9.17, 15) is 13.2 Å². The fourth-order valence-electron chi connectivity index (χ4n) is 3.10. The van der Waals surface area contributed by atoms with Crippen molar-refractivity contribution in [1.82, 2.24) is 14.8 Å². The van der Waals surface area contributed by atoms with Gasteiger partial charge in [-0.15, -0.1) is 0 Å². The second kappa shape index (κ2) is 6.24. The van der Waals surface area contributed by atoms with Crippen LogP contribution in [0.4, 0.5) is 13.2 Å². The summed E-state index contributed by atoms with van der Waals surface area (Å²) in [5.74, 6) is -0.105. The molecule has 0 saturated heterocycles. The highest BCUT2D eigenvalue weighted by Crippen LogP contribution is 2.41. The van der Waals surface area contributed by atoms with Crippen molar-refractivity contribution >= 4 is 15.9 Å². The fourth-order valence-corrected chi connectivity index (χ4v) is 3.45. The molecule has 4 nitrogen and oxygen atoms in total. The van der Waals surface area contributed by atoms with E-state index in [0.717, 1.165) is 6.42 Å². The molecule has 0 amide bonds. The van der Waals surface area contributed by atoms with Crippen molar-refractivity contribution in [2.45, 2.75) is 31.4 Å². The summed E-state index contributed by atoms with van der Waals surface area (Å²) >= 11 is 3.30. The minimum absolute atomic E-state index is 0.105. The van der Waals surface area contributed by atoms with E-state index in [1.807, 2.05) is 0 Å². The lowest BCUT2D eigenvalue weighted by Gasteiger charge is -2.24. The molecule has 0 saturated carbocycles. The van der Waals surface area contributed by atoms with Gasteiger partial charge in [0, 0.05) is 29.3 Å². The molecule has 2 aromatic rings. The van der Waals surface area contributed by atoms with Crippen LogP contribution >= 0.6 is 15.9 Å². The number of halogens is 4. The molecule has 124 valence electrons. The molecular formula is C15H15BrF3N3O. The average Bonchev–Trinajstić information content (AvgIpc) is 2.88. The Hall–Kier alpha value is -1.41. The van der Waals surface area contributed by atoms with Crippen LogP contribution in [-0.4, -0.2) is 28.5 Å². The Morgan fingerprint density at radius 2 is 2.17 bits per heavy atom. The number of methoxy groups -OCH3 is 1. The lowest BCUT2D eigenvalue weighted by atomic mass is 9.86. The van der Waals surface area contributed by atoms with Crippen LogP contribution in [-0.2, 0) is 17.3 Å². The molecule has 1 aliphatic carbocycles. The smallest absolute Gasteiger partial charge is 0.384 e. The van der Waals surface area contributed by atoms with Crippen LogP contribution < -0.4 is 0 Å². The highest BCUT2D eigenvalue weighted by Gasteiger charge is 2.41. The molecule has 0 bridgehead atoms. The summed E-state index contributed by atoms with van der Waals surface area (Å²) in [4.78, 5) is 4.03. The van der Waals surface area contributed by atoms with Crippen molar-refractivity contribution in [1.29, 1.82) is 0 Å². The Bertz CT molecular complexity index is 714. The van der Waals surface area contributed by atoms with Gasteiger partial charge in [0.1, 0.15) is 0 Å². The molecule has 3 rings (SSSR count). The monoisotopic (exact) mass is 389 g/mol. The third-order valence-electron chi connectivity index (χ3n) is 3.96. The van der Waals surface area contributed by atoms with Gasteiger partial charge in [-0.25, -0.2) is 4.68 Å². The van der Waals surface area contributed by atoms with Gasteiger partial charge in [0.2, 0.25) is 0 Å². The van der Waals surface area contributed by atoms with Gasteiger partial charge in [-0.1, -0.05) is 0 Å². The van der Waals surface area contributed by atoms with Gasteiger partial charge >= 0.3 is 6.18 Å². The van der Waals surface area contributed by atoms with Gasteiger partial charge in [0.05, 0.1) is 24.2 Å². The first-order valence-corrected chi connectivity index (χ1v) is 8.00. The summed E-state index contributed by atoms with van der Waals surface area (Å²) < 4.78 is 47.4. The van der Waals surface area contributed by atoms with Crippen molar-refractivity contribution in [3.8, 4) is 5.69 Å². The molecule has 23 heavy (non-hydrogen) atoms. The van der Waals surface area contributed by atoms with Crippen molar-refractivity contribution in [3.63, 3.8) is 0 Å². The van der Waals surface area contributed by atoms with Gasteiger partial charge in [-0.3, -0.25) is 4.98 Å². The molecule has 2 heterocycles. The maximum Gasteiger partial charge on any atom is 0.435 e. The Morgan fingerprint density at radius 1 is 1.39 bits per heavy atom. The summed E-state index contributed by atoms with van der Waals surface area (Å²) in [6.07, 6.45) is 0.487. The van der Waals surface area contributed by atoms with Gasteiger partial charge in [-0.05, 0) is 41.3 Å².